The summed E-state index contributed by atoms with van der Waals surface area (Å²) in [6.45, 7) is 2.44. The molecule has 0 saturated heterocycles. The average molecular weight is 127 g/mol. The van der Waals surface area contributed by atoms with Crippen LogP contribution in [0.1, 0.15) is 19.8 Å². The lowest BCUT2D eigenvalue weighted by molar-refractivity contribution is -0.114. The Morgan fingerprint density at radius 3 is 2.78 bits per heavy atom. The van der Waals surface area contributed by atoms with Gasteiger partial charge >= 0.3 is 0 Å². The number of hydrogen-bond acceptors (Lipinski definition) is 2. The van der Waals surface area contributed by atoms with Gasteiger partial charge in [0, 0.05) is 6.42 Å². The Morgan fingerprint density at radius 2 is 2.33 bits per heavy atom. The van der Waals surface area contributed by atoms with Gasteiger partial charge in [-0.05, 0) is 19.0 Å². The van der Waals surface area contributed by atoms with Crippen molar-refractivity contribution in [1.29, 1.82) is 0 Å². The molecule has 0 aliphatic carbocycles. The van der Waals surface area contributed by atoms with E-state index in [2.05, 4.69) is 0 Å². The largest absolute Gasteiger partial charge is 0.330 e. The third-order valence-corrected chi connectivity index (χ3v) is 0.930. The van der Waals surface area contributed by atoms with Crippen molar-refractivity contribution in [3.63, 3.8) is 0 Å². The van der Waals surface area contributed by atoms with Crippen LogP contribution < -0.4 is 5.73 Å². The summed E-state index contributed by atoms with van der Waals surface area (Å²) in [4.78, 5) is 10.6. The summed E-state index contributed by atoms with van der Waals surface area (Å²) in [5.74, 6) is 0.124. The maximum atomic E-state index is 10.6. The predicted molar refractivity (Wildman–Crippen MR) is 38.1 cm³/mol. The third kappa shape index (κ3) is 5.24. The Bertz CT molecular complexity index is 107. The van der Waals surface area contributed by atoms with Crippen molar-refractivity contribution in [3.8, 4) is 0 Å². The van der Waals surface area contributed by atoms with Crippen molar-refractivity contribution in [2.75, 3.05) is 6.54 Å². The van der Waals surface area contributed by atoms with E-state index in [-0.39, 0.29) is 5.78 Å². The van der Waals surface area contributed by atoms with Crippen LogP contribution in [0.3, 0.4) is 0 Å². The zero-order valence-electron chi connectivity index (χ0n) is 5.76. The smallest absolute Gasteiger partial charge is 0.156 e. The summed E-state index contributed by atoms with van der Waals surface area (Å²) in [5, 5.41) is 0. The predicted octanol–water partition coefficient (Wildman–Crippen LogP) is 0.871. The first-order valence-electron chi connectivity index (χ1n) is 3.20. The first-order chi connectivity index (χ1) is 4.31. The fourth-order valence-corrected chi connectivity index (χ4v) is 0.475. The van der Waals surface area contributed by atoms with E-state index >= 15 is 0 Å². The van der Waals surface area contributed by atoms with Gasteiger partial charge in [0.25, 0.3) is 0 Å². The third-order valence-electron chi connectivity index (χ3n) is 0.930. The highest BCUT2D eigenvalue weighted by Gasteiger charge is 1.90. The SMILES string of the molecule is CC/C=C/C(=O)CCN. The summed E-state index contributed by atoms with van der Waals surface area (Å²) in [6, 6.07) is 0. The Balaban J connectivity index is 3.37. The Hall–Kier alpha value is -0.630. The van der Waals surface area contributed by atoms with Gasteiger partial charge in [0.1, 0.15) is 0 Å². The molecule has 0 aromatic carbocycles. The van der Waals surface area contributed by atoms with Gasteiger partial charge in [0.15, 0.2) is 5.78 Å². The van der Waals surface area contributed by atoms with Crippen molar-refractivity contribution in [1.82, 2.24) is 0 Å². The molecule has 0 radical (unpaired) electrons. The van der Waals surface area contributed by atoms with Crippen LogP contribution in [0, 0.1) is 0 Å². The zero-order valence-corrected chi connectivity index (χ0v) is 5.76. The highest BCUT2D eigenvalue weighted by molar-refractivity contribution is 5.89. The molecular formula is C7H13NO. The van der Waals surface area contributed by atoms with Crippen LogP contribution in [0.25, 0.3) is 0 Å². The molecule has 0 aromatic rings. The normalized spacial score (nSPS) is 10.4. The number of hydrogen-bond donors (Lipinski definition) is 1. The van der Waals surface area contributed by atoms with Crippen molar-refractivity contribution in [2.24, 2.45) is 5.73 Å². The fourth-order valence-electron chi connectivity index (χ4n) is 0.475. The van der Waals surface area contributed by atoms with Crippen molar-refractivity contribution in [3.05, 3.63) is 12.2 Å². The van der Waals surface area contributed by atoms with Crippen molar-refractivity contribution >= 4 is 5.78 Å². The molecule has 0 unspecified atom stereocenters. The van der Waals surface area contributed by atoms with Gasteiger partial charge in [-0.1, -0.05) is 13.0 Å². The fraction of sp³-hybridized carbons (Fsp3) is 0.571. The van der Waals surface area contributed by atoms with Gasteiger partial charge in [-0.15, -0.1) is 0 Å². The quantitative estimate of drug-likeness (QED) is 0.569. The van der Waals surface area contributed by atoms with E-state index < -0.39 is 0 Å². The minimum absolute atomic E-state index is 0.124. The minimum Gasteiger partial charge on any atom is -0.330 e. The summed E-state index contributed by atoms with van der Waals surface area (Å²) in [5.41, 5.74) is 5.15. The molecule has 2 heteroatoms. The standard InChI is InChI=1S/C7H13NO/c1-2-3-4-7(9)5-6-8/h3-4H,2,5-6,8H2,1H3/b4-3+. The lowest BCUT2D eigenvalue weighted by atomic mass is 10.2. The summed E-state index contributed by atoms with van der Waals surface area (Å²) in [6.07, 6.45) is 4.82. The maximum absolute atomic E-state index is 10.6. The number of nitrogens with two attached hydrogens (primary N) is 1. The van der Waals surface area contributed by atoms with Gasteiger partial charge in [-0.2, -0.15) is 0 Å². The molecule has 0 aromatic heterocycles. The Kier molecular flexibility index (Phi) is 5.12. The molecule has 2 N–H and O–H groups in total. The molecule has 0 aliphatic heterocycles. The molecule has 52 valence electrons. The monoisotopic (exact) mass is 127 g/mol. The molecule has 2 nitrogen and oxygen atoms in total. The van der Waals surface area contributed by atoms with Gasteiger partial charge < -0.3 is 5.73 Å². The summed E-state index contributed by atoms with van der Waals surface area (Å²) >= 11 is 0. The second-order valence-corrected chi connectivity index (χ2v) is 1.82. The first kappa shape index (κ1) is 8.37. The average Bonchev–Trinajstić information content (AvgIpc) is 1.85. The number of carbonyl (C=O) groups is 1. The van der Waals surface area contributed by atoms with E-state index in [4.69, 9.17) is 5.73 Å². The van der Waals surface area contributed by atoms with E-state index in [1.54, 1.807) is 6.08 Å². The minimum atomic E-state index is 0.124. The van der Waals surface area contributed by atoms with E-state index in [0.29, 0.717) is 13.0 Å². The lowest BCUT2D eigenvalue weighted by Crippen LogP contribution is -2.04. The Morgan fingerprint density at radius 1 is 1.67 bits per heavy atom. The second-order valence-electron chi connectivity index (χ2n) is 1.82. The molecule has 0 fully saturated rings. The van der Waals surface area contributed by atoms with Gasteiger partial charge in [-0.25, -0.2) is 0 Å². The maximum Gasteiger partial charge on any atom is 0.156 e. The molecule has 0 saturated carbocycles. The molecule has 0 bridgehead atoms. The molecule has 9 heavy (non-hydrogen) atoms. The number of rotatable bonds is 4. The number of ketones is 1. The summed E-state index contributed by atoms with van der Waals surface area (Å²) in [7, 11) is 0. The molecule has 0 aliphatic rings. The van der Waals surface area contributed by atoms with Crippen molar-refractivity contribution in [2.45, 2.75) is 19.8 Å². The highest BCUT2D eigenvalue weighted by atomic mass is 16.1. The molecule has 0 heterocycles. The van der Waals surface area contributed by atoms with Crippen molar-refractivity contribution < 1.29 is 4.79 Å². The van der Waals surface area contributed by atoms with Crippen LogP contribution in [0.2, 0.25) is 0 Å². The molecule has 0 spiro atoms. The van der Waals surface area contributed by atoms with Crippen LogP contribution in [0.15, 0.2) is 12.2 Å². The van der Waals surface area contributed by atoms with Crippen LogP contribution in [0.4, 0.5) is 0 Å². The molecule has 0 atom stereocenters. The topological polar surface area (TPSA) is 43.1 Å². The van der Waals surface area contributed by atoms with Crippen LogP contribution in [0.5, 0.6) is 0 Å². The highest BCUT2D eigenvalue weighted by Crippen LogP contribution is 1.84. The molecule has 0 rings (SSSR count). The van der Waals surface area contributed by atoms with Gasteiger partial charge in [0.2, 0.25) is 0 Å². The second kappa shape index (κ2) is 5.51. The number of allylic oxidation sites excluding steroid dienone is 2. The van der Waals surface area contributed by atoms with E-state index in [0.717, 1.165) is 6.42 Å². The van der Waals surface area contributed by atoms with Gasteiger partial charge in [0.05, 0.1) is 0 Å². The molecule has 0 amide bonds. The number of carbonyl (C=O) groups excluding carboxylic acids is 1. The van der Waals surface area contributed by atoms with E-state index in [1.807, 2.05) is 13.0 Å². The van der Waals surface area contributed by atoms with E-state index in [9.17, 15) is 4.79 Å². The summed E-state index contributed by atoms with van der Waals surface area (Å²) < 4.78 is 0. The van der Waals surface area contributed by atoms with Gasteiger partial charge in [-0.3, -0.25) is 4.79 Å². The van der Waals surface area contributed by atoms with Crippen LogP contribution in [-0.4, -0.2) is 12.3 Å². The first-order valence-corrected chi connectivity index (χ1v) is 3.20. The van der Waals surface area contributed by atoms with E-state index in [1.165, 1.54) is 0 Å². The zero-order chi connectivity index (χ0) is 7.11. The lowest BCUT2D eigenvalue weighted by Gasteiger charge is -1.86. The molecular weight excluding hydrogens is 114 g/mol. The Labute approximate surface area is 55.7 Å². The van der Waals surface area contributed by atoms with Crippen LogP contribution >= 0.6 is 0 Å². The van der Waals surface area contributed by atoms with Crippen LogP contribution in [-0.2, 0) is 4.79 Å².